The van der Waals surface area contributed by atoms with Crippen molar-refractivity contribution < 1.29 is 27.4 Å². The fourth-order valence-electron chi connectivity index (χ4n) is 1.85. The molecule has 0 aliphatic heterocycles. The zero-order chi connectivity index (χ0) is 18.9. The van der Waals surface area contributed by atoms with Gasteiger partial charge in [0.2, 0.25) is 5.88 Å². The zero-order valence-electron chi connectivity index (χ0n) is 12.2. The highest BCUT2D eigenvalue weighted by atomic mass is 35.7. The first-order valence-corrected chi connectivity index (χ1v) is 9.20. The molecule has 2 aromatic rings. The Morgan fingerprint density at radius 3 is 2.44 bits per heavy atom. The summed E-state index contributed by atoms with van der Waals surface area (Å²) in [7, 11) is -2.95. The number of aromatic nitrogens is 1. The number of aryl methyl sites for hydroxylation is 1. The highest BCUT2D eigenvalue weighted by Gasteiger charge is 2.32. The summed E-state index contributed by atoms with van der Waals surface area (Å²) in [6.45, 7) is 1.45. The summed E-state index contributed by atoms with van der Waals surface area (Å²) in [4.78, 5) is 13.7. The standard InChI is InChI=1S/C13H8Cl2F3N2O4P/c1-6-2-9(20(21)22)11(25(15)23)4-10(6)24-12-8(14)3-7(5-19-12)13(16,17)18/h2-5,25H,1H3. The molecule has 0 amide bonds. The van der Waals surface area contributed by atoms with Gasteiger partial charge in [0.25, 0.3) is 5.69 Å². The first-order chi connectivity index (χ1) is 11.5. The van der Waals surface area contributed by atoms with E-state index in [1.165, 1.54) is 6.92 Å². The van der Waals surface area contributed by atoms with Gasteiger partial charge in [-0.25, -0.2) is 4.98 Å². The number of nitro benzene ring substituents is 1. The Kier molecular flexibility index (Phi) is 5.61. The fraction of sp³-hybridized carbons (Fsp3) is 0.154. The Morgan fingerprint density at radius 2 is 1.96 bits per heavy atom. The third-order valence-electron chi connectivity index (χ3n) is 3.04. The van der Waals surface area contributed by atoms with Gasteiger partial charge < -0.3 is 9.30 Å². The predicted molar refractivity (Wildman–Crippen MR) is 86.6 cm³/mol. The molecule has 2 rings (SSSR count). The number of ether oxygens (including phenoxy) is 1. The van der Waals surface area contributed by atoms with E-state index in [1.807, 2.05) is 0 Å². The van der Waals surface area contributed by atoms with Crippen LogP contribution in [0.4, 0.5) is 18.9 Å². The van der Waals surface area contributed by atoms with E-state index in [-0.39, 0.29) is 22.5 Å². The van der Waals surface area contributed by atoms with E-state index in [4.69, 9.17) is 27.6 Å². The summed E-state index contributed by atoms with van der Waals surface area (Å²) in [6, 6.07) is 2.81. The van der Waals surface area contributed by atoms with Crippen molar-refractivity contribution in [1.82, 2.24) is 4.98 Å². The van der Waals surface area contributed by atoms with E-state index in [2.05, 4.69) is 4.98 Å². The van der Waals surface area contributed by atoms with Crippen LogP contribution in [0.1, 0.15) is 11.1 Å². The van der Waals surface area contributed by atoms with Crippen LogP contribution in [0.2, 0.25) is 5.02 Å². The SMILES string of the molecule is Cc1cc([N+](=O)[O-])c([PH](=O)Cl)cc1Oc1ncc(C(F)(F)F)cc1Cl. The smallest absolute Gasteiger partial charge is 0.417 e. The van der Waals surface area contributed by atoms with Crippen LogP contribution >= 0.6 is 30.0 Å². The topological polar surface area (TPSA) is 82.3 Å². The van der Waals surface area contributed by atoms with E-state index < -0.39 is 34.5 Å². The largest absolute Gasteiger partial charge is 0.437 e. The summed E-state index contributed by atoms with van der Waals surface area (Å²) < 4.78 is 54.7. The minimum absolute atomic E-state index is 0.0197. The number of pyridine rings is 1. The molecule has 0 saturated heterocycles. The van der Waals surface area contributed by atoms with E-state index in [0.29, 0.717) is 12.3 Å². The van der Waals surface area contributed by atoms with Crippen molar-refractivity contribution in [1.29, 1.82) is 0 Å². The third-order valence-corrected chi connectivity index (χ3v) is 4.75. The van der Waals surface area contributed by atoms with Gasteiger partial charge >= 0.3 is 6.18 Å². The average Bonchev–Trinajstić information content (AvgIpc) is 2.49. The second-order valence-electron chi connectivity index (χ2n) is 4.78. The van der Waals surface area contributed by atoms with Gasteiger partial charge in [-0.15, -0.1) is 0 Å². The summed E-state index contributed by atoms with van der Waals surface area (Å²) in [5, 5.41) is 10.3. The summed E-state index contributed by atoms with van der Waals surface area (Å²) in [5.41, 5.74) is -1.25. The van der Waals surface area contributed by atoms with Crippen molar-refractivity contribution in [2.45, 2.75) is 13.1 Å². The van der Waals surface area contributed by atoms with E-state index in [1.54, 1.807) is 0 Å². The monoisotopic (exact) mass is 414 g/mol. The number of hydrogen-bond acceptors (Lipinski definition) is 5. The average molecular weight is 415 g/mol. The van der Waals surface area contributed by atoms with Gasteiger partial charge in [-0.3, -0.25) is 10.1 Å². The molecule has 0 radical (unpaired) electrons. The summed E-state index contributed by atoms with van der Waals surface area (Å²) in [5.74, 6) is -0.361. The highest BCUT2D eigenvalue weighted by Crippen LogP contribution is 2.38. The number of halogens is 5. The molecule has 25 heavy (non-hydrogen) atoms. The van der Waals surface area contributed by atoms with E-state index >= 15 is 0 Å². The number of alkyl halides is 3. The van der Waals surface area contributed by atoms with Crippen LogP contribution in [0.15, 0.2) is 24.4 Å². The molecule has 0 spiro atoms. The van der Waals surface area contributed by atoms with Crippen molar-refractivity contribution in [2.24, 2.45) is 0 Å². The van der Waals surface area contributed by atoms with Gasteiger partial charge in [0.1, 0.15) is 16.1 Å². The molecular formula is C13H8Cl2F3N2O4P. The maximum Gasteiger partial charge on any atom is 0.417 e. The molecule has 1 heterocycles. The van der Waals surface area contributed by atoms with Crippen molar-refractivity contribution in [2.75, 3.05) is 0 Å². The number of benzene rings is 1. The molecule has 0 aliphatic carbocycles. The quantitative estimate of drug-likeness (QED) is 0.394. The Morgan fingerprint density at radius 1 is 1.32 bits per heavy atom. The van der Waals surface area contributed by atoms with Gasteiger partial charge in [-0.2, -0.15) is 13.2 Å². The Balaban J connectivity index is 2.46. The minimum Gasteiger partial charge on any atom is -0.437 e. The second kappa shape index (κ2) is 7.19. The lowest BCUT2D eigenvalue weighted by atomic mass is 10.2. The van der Waals surface area contributed by atoms with Crippen molar-refractivity contribution in [3.05, 3.63) is 50.7 Å². The lowest BCUT2D eigenvalue weighted by molar-refractivity contribution is -0.383. The molecule has 12 heteroatoms. The number of nitrogens with zero attached hydrogens (tertiary/aromatic N) is 2. The molecule has 6 nitrogen and oxygen atoms in total. The highest BCUT2D eigenvalue weighted by molar-refractivity contribution is 7.80. The van der Waals surface area contributed by atoms with Crippen molar-refractivity contribution in [3.8, 4) is 11.6 Å². The first-order valence-electron chi connectivity index (χ1n) is 6.40. The Labute approximate surface area is 149 Å². The van der Waals surface area contributed by atoms with Gasteiger partial charge in [0, 0.05) is 12.3 Å². The molecule has 0 fully saturated rings. The normalized spacial score (nSPS) is 12.7. The van der Waals surface area contributed by atoms with Crippen molar-refractivity contribution >= 4 is 41.0 Å². The molecule has 1 atom stereocenters. The number of rotatable bonds is 4. The molecule has 1 aromatic heterocycles. The lowest BCUT2D eigenvalue weighted by Gasteiger charge is -2.12. The maximum atomic E-state index is 12.6. The van der Waals surface area contributed by atoms with Crippen LogP contribution in [0.5, 0.6) is 11.6 Å². The van der Waals surface area contributed by atoms with Gasteiger partial charge in [0.05, 0.1) is 10.5 Å². The predicted octanol–water partition coefficient (Wildman–Crippen LogP) is 5.10. The molecule has 0 saturated carbocycles. The minimum atomic E-state index is -4.62. The number of nitro groups is 1. The number of hydrogen-bond donors (Lipinski definition) is 0. The van der Waals surface area contributed by atoms with Gasteiger partial charge in [0.15, 0.2) is 7.15 Å². The molecule has 1 unspecified atom stereocenters. The summed E-state index contributed by atoms with van der Waals surface area (Å²) >= 11 is 11.2. The third kappa shape index (κ3) is 4.42. The zero-order valence-corrected chi connectivity index (χ0v) is 14.7. The lowest BCUT2D eigenvalue weighted by Crippen LogP contribution is -2.07. The fourth-order valence-corrected chi connectivity index (χ4v) is 3.12. The maximum absolute atomic E-state index is 12.6. The molecule has 134 valence electrons. The summed E-state index contributed by atoms with van der Waals surface area (Å²) in [6.07, 6.45) is -4.09. The Hall–Kier alpha value is -1.83. The molecule has 1 aromatic carbocycles. The van der Waals surface area contributed by atoms with Crippen LogP contribution in [0.25, 0.3) is 0 Å². The van der Waals surface area contributed by atoms with E-state index in [0.717, 1.165) is 12.1 Å². The molecular weight excluding hydrogens is 407 g/mol. The molecule has 0 N–H and O–H groups in total. The van der Waals surface area contributed by atoms with Gasteiger partial charge in [-0.05, 0) is 24.6 Å². The van der Waals surface area contributed by atoms with Crippen LogP contribution in [-0.2, 0) is 10.7 Å². The van der Waals surface area contributed by atoms with E-state index in [9.17, 15) is 27.9 Å². The molecule has 0 aliphatic rings. The first kappa shape index (κ1) is 19.5. The van der Waals surface area contributed by atoms with Crippen LogP contribution in [-0.4, -0.2) is 9.91 Å². The van der Waals surface area contributed by atoms with Crippen molar-refractivity contribution in [3.63, 3.8) is 0 Å². The van der Waals surface area contributed by atoms with Crippen LogP contribution in [0.3, 0.4) is 0 Å². The van der Waals surface area contributed by atoms with Crippen LogP contribution in [0, 0.1) is 17.0 Å². The second-order valence-corrected chi connectivity index (χ2v) is 7.30. The Bertz CT molecular complexity index is 877. The molecule has 0 bridgehead atoms. The van der Waals surface area contributed by atoms with Crippen LogP contribution < -0.4 is 10.0 Å². The van der Waals surface area contributed by atoms with Gasteiger partial charge in [-0.1, -0.05) is 22.8 Å².